The molecule has 10 nitrogen and oxygen atoms in total. The molecule has 1 unspecified atom stereocenters. The Kier molecular flexibility index (Phi) is 8.91. The zero-order valence-electron chi connectivity index (χ0n) is 23.0. The van der Waals surface area contributed by atoms with E-state index in [2.05, 4.69) is 24.3 Å². The predicted octanol–water partition coefficient (Wildman–Crippen LogP) is 5.38. The number of carbonyl (C=O) groups excluding carboxylic acids is 1. The Hall–Kier alpha value is -4.28. The standard InChI is InChI=1S/C31H33NO9/c1-36-27-15-20(39-19-29(33)34)16-28(37-2)25(27)17-32(41-30-13-7-8-14-38-30)31(35)40-18-26-23-11-5-3-9-21(23)22-10-4-6-12-24(22)26/h3-6,9-12,15-16,26,30H,7-8,13-14,17-19H2,1-2H3,(H,33,34). The molecule has 0 saturated carbocycles. The van der Waals surface area contributed by atoms with Crippen molar-refractivity contribution in [3.05, 3.63) is 77.4 Å². The van der Waals surface area contributed by atoms with Gasteiger partial charge in [0.15, 0.2) is 12.9 Å². The highest BCUT2D eigenvalue weighted by Crippen LogP contribution is 2.44. The zero-order chi connectivity index (χ0) is 28.8. The lowest BCUT2D eigenvalue weighted by molar-refractivity contribution is -0.276. The first-order valence-electron chi connectivity index (χ1n) is 13.5. The average Bonchev–Trinajstić information content (AvgIpc) is 3.32. The number of methoxy groups -OCH3 is 2. The van der Waals surface area contributed by atoms with Gasteiger partial charge in [0.2, 0.25) is 0 Å². The smallest absolute Gasteiger partial charge is 0.434 e. The average molecular weight is 564 g/mol. The van der Waals surface area contributed by atoms with Crippen LogP contribution in [0.5, 0.6) is 17.2 Å². The van der Waals surface area contributed by atoms with Crippen molar-refractivity contribution >= 4 is 12.1 Å². The summed E-state index contributed by atoms with van der Waals surface area (Å²) in [5.41, 5.74) is 4.96. The van der Waals surface area contributed by atoms with Crippen molar-refractivity contribution in [1.82, 2.24) is 5.06 Å². The number of rotatable bonds is 11. The molecule has 3 aromatic carbocycles. The molecule has 0 aromatic heterocycles. The maximum Gasteiger partial charge on any atom is 0.434 e. The van der Waals surface area contributed by atoms with Gasteiger partial charge in [-0.15, -0.1) is 0 Å². The fourth-order valence-corrected chi connectivity index (χ4v) is 5.23. The summed E-state index contributed by atoms with van der Waals surface area (Å²) in [6.07, 6.45) is 1.16. The third-order valence-corrected chi connectivity index (χ3v) is 7.17. The number of hydrogen-bond donors (Lipinski definition) is 1. The minimum Gasteiger partial charge on any atom is -0.496 e. The Morgan fingerprint density at radius 3 is 2.15 bits per heavy atom. The van der Waals surface area contributed by atoms with Crippen molar-refractivity contribution in [2.24, 2.45) is 0 Å². The van der Waals surface area contributed by atoms with Gasteiger partial charge in [-0.05, 0) is 35.1 Å². The molecule has 1 atom stereocenters. The van der Waals surface area contributed by atoms with Crippen LogP contribution in [0.2, 0.25) is 0 Å². The van der Waals surface area contributed by atoms with Crippen LogP contribution in [0.3, 0.4) is 0 Å². The van der Waals surface area contributed by atoms with Gasteiger partial charge in [-0.25, -0.2) is 14.4 Å². The lowest BCUT2D eigenvalue weighted by Gasteiger charge is -2.30. The molecule has 0 spiro atoms. The summed E-state index contributed by atoms with van der Waals surface area (Å²) in [6, 6.07) is 19.3. The Morgan fingerprint density at radius 2 is 1.59 bits per heavy atom. The van der Waals surface area contributed by atoms with Gasteiger partial charge in [-0.3, -0.25) is 0 Å². The summed E-state index contributed by atoms with van der Waals surface area (Å²) in [5.74, 6) is -0.332. The lowest BCUT2D eigenvalue weighted by Crippen LogP contribution is -2.38. The van der Waals surface area contributed by atoms with E-state index in [0.29, 0.717) is 30.1 Å². The van der Waals surface area contributed by atoms with E-state index in [1.807, 2.05) is 24.3 Å². The van der Waals surface area contributed by atoms with Crippen LogP contribution >= 0.6 is 0 Å². The van der Waals surface area contributed by atoms with Crippen molar-refractivity contribution in [3.63, 3.8) is 0 Å². The van der Waals surface area contributed by atoms with Gasteiger partial charge in [-0.1, -0.05) is 48.5 Å². The van der Waals surface area contributed by atoms with Crippen molar-refractivity contribution in [3.8, 4) is 28.4 Å². The van der Waals surface area contributed by atoms with Gasteiger partial charge in [-0.2, -0.15) is 5.06 Å². The molecule has 1 N–H and O–H groups in total. The molecule has 0 radical (unpaired) electrons. The summed E-state index contributed by atoms with van der Waals surface area (Å²) in [4.78, 5) is 30.6. The Balaban J connectivity index is 1.38. The third kappa shape index (κ3) is 6.39. The zero-order valence-corrected chi connectivity index (χ0v) is 23.0. The summed E-state index contributed by atoms with van der Waals surface area (Å²) in [7, 11) is 2.92. The van der Waals surface area contributed by atoms with Crippen LogP contribution in [0.25, 0.3) is 11.1 Å². The summed E-state index contributed by atoms with van der Waals surface area (Å²) < 4.78 is 28.1. The highest BCUT2D eigenvalue weighted by molar-refractivity contribution is 5.79. The molecule has 1 saturated heterocycles. The highest BCUT2D eigenvalue weighted by atomic mass is 16.8. The van der Waals surface area contributed by atoms with Gasteiger partial charge in [0.05, 0.1) is 26.3 Å². The molecular weight excluding hydrogens is 530 g/mol. The second kappa shape index (κ2) is 12.9. The molecule has 1 aliphatic carbocycles. The summed E-state index contributed by atoms with van der Waals surface area (Å²) in [6.45, 7) is 0.0433. The highest BCUT2D eigenvalue weighted by Gasteiger charge is 2.32. The molecule has 1 amide bonds. The first-order chi connectivity index (χ1) is 20.0. The van der Waals surface area contributed by atoms with E-state index in [1.165, 1.54) is 26.4 Å². The Labute approximate surface area is 238 Å². The molecule has 41 heavy (non-hydrogen) atoms. The van der Waals surface area contributed by atoms with Gasteiger partial charge in [0.1, 0.15) is 23.9 Å². The molecule has 3 aromatic rings. The van der Waals surface area contributed by atoms with E-state index in [-0.39, 0.29) is 24.8 Å². The van der Waals surface area contributed by atoms with Crippen molar-refractivity contribution < 1.29 is 43.2 Å². The van der Waals surface area contributed by atoms with E-state index < -0.39 is 25.0 Å². The largest absolute Gasteiger partial charge is 0.496 e. The molecule has 10 heteroatoms. The van der Waals surface area contributed by atoms with Crippen LogP contribution in [-0.4, -0.2) is 62.6 Å². The molecule has 1 aliphatic heterocycles. The fraction of sp³-hybridized carbons (Fsp3) is 0.355. The molecule has 1 fully saturated rings. The van der Waals surface area contributed by atoms with E-state index >= 15 is 0 Å². The predicted molar refractivity (Wildman–Crippen MR) is 148 cm³/mol. The molecular formula is C31H33NO9. The lowest BCUT2D eigenvalue weighted by atomic mass is 9.98. The molecule has 5 rings (SSSR count). The third-order valence-electron chi connectivity index (χ3n) is 7.17. The normalized spacial score (nSPS) is 15.9. The number of carbonyl (C=O) groups is 2. The molecule has 1 heterocycles. The van der Waals surface area contributed by atoms with Crippen LogP contribution in [-0.2, 0) is 25.7 Å². The minimum absolute atomic E-state index is 0.0813. The molecule has 0 bridgehead atoms. The number of fused-ring (bicyclic) bond motifs is 3. The van der Waals surface area contributed by atoms with E-state index in [4.69, 9.17) is 33.6 Å². The number of amides is 1. The maximum absolute atomic E-state index is 13.6. The van der Waals surface area contributed by atoms with E-state index in [0.717, 1.165) is 40.2 Å². The maximum atomic E-state index is 13.6. The number of nitrogens with zero attached hydrogens (tertiary/aromatic N) is 1. The summed E-state index contributed by atoms with van der Waals surface area (Å²) in [5, 5.41) is 10.1. The summed E-state index contributed by atoms with van der Waals surface area (Å²) >= 11 is 0. The van der Waals surface area contributed by atoms with Crippen molar-refractivity contribution in [2.45, 2.75) is 38.0 Å². The topological polar surface area (TPSA) is 113 Å². The Morgan fingerprint density at radius 1 is 0.951 bits per heavy atom. The molecule has 2 aliphatic rings. The quantitative estimate of drug-likeness (QED) is 0.307. The van der Waals surface area contributed by atoms with Gasteiger partial charge in [0.25, 0.3) is 0 Å². The second-order valence-electron chi connectivity index (χ2n) is 9.73. The number of hydrogen-bond acceptors (Lipinski definition) is 8. The monoisotopic (exact) mass is 563 g/mol. The van der Waals surface area contributed by atoms with E-state index in [9.17, 15) is 9.59 Å². The minimum atomic E-state index is -1.12. The fourth-order valence-electron chi connectivity index (χ4n) is 5.23. The van der Waals surface area contributed by atoms with Crippen molar-refractivity contribution in [2.75, 3.05) is 34.0 Å². The van der Waals surface area contributed by atoms with Crippen LogP contribution < -0.4 is 14.2 Å². The van der Waals surface area contributed by atoms with Gasteiger partial charge in [0, 0.05) is 31.1 Å². The SMILES string of the molecule is COc1cc(OCC(=O)O)cc(OC)c1CN(OC1CCCCO1)C(=O)OCC1c2ccccc2-c2ccccc21. The van der Waals surface area contributed by atoms with Crippen molar-refractivity contribution in [1.29, 1.82) is 0 Å². The molecule has 216 valence electrons. The first kappa shape index (κ1) is 28.3. The number of ether oxygens (including phenoxy) is 5. The number of carboxylic acid groups (broad SMARTS) is 1. The second-order valence-corrected chi connectivity index (χ2v) is 9.73. The number of benzene rings is 3. The van der Waals surface area contributed by atoms with Crippen LogP contribution in [0, 0.1) is 0 Å². The number of aliphatic carboxylic acids is 1. The number of carboxylic acids is 1. The number of hydroxylamine groups is 2. The van der Waals surface area contributed by atoms with Gasteiger partial charge >= 0.3 is 12.1 Å². The first-order valence-corrected chi connectivity index (χ1v) is 13.5. The van der Waals surface area contributed by atoms with Gasteiger partial charge < -0.3 is 28.8 Å². The van der Waals surface area contributed by atoms with Crippen LogP contribution in [0.1, 0.15) is 41.9 Å². The Bertz CT molecular complexity index is 1320. The van der Waals surface area contributed by atoms with Crippen LogP contribution in [0.15, 0.2) is 60.7 Å². The van der Waals surface area contributed by atoms with E-state index in [1.54, 1.807) is 0 Å². The van der Waals surface area contributed by atoms with Crippen LogP contribution in [0.4, 0.5) is 4.79 Å².